The first-order valence-corrected chi connectivity index (χ1v) is 11.8. The van der Waals surface area contributed by atoms with Gasteiger partial charge in [0.15, 0.2) is 0 Å². The van der Waals surface area contributed by atoms with Crippen LogP contribution in [0.25, 0.3) is 0 Å². The Labute approximate surface area is 164 Å². The van der Waals surface area contributed by atoms with E-state index in [0.29, 0.717) is 26.8 Å². The zero-order chi connectivity index (χ0) is 18.7. The quantitative estimate of drug-likeness (QED) is 0.536. The predicted octanol–water partition coefficient (Wildman–Crippen LogP) is 3.78. The Balaban J connectivity index is 1.74. The SMILES string of the molecule is C=CC(=O)N1[C@H](CC[Se]c2ccccc2)O[C@@H]2C[C@H](C)CC[C@H]2C1(C)C. The molecule has 0 bridgehead atoms. The number of rotatable bonds is 5. The second-order valence-electron chi connectivity index (χ2n) is 8.17. The summed E-state index contributed by atoms with van der Waals surface area (Å²) >= 11 is 0.411. The molecule has 1 aliphatic carbocycles. The van der Waals surface area contributed by atoms with Gasteiger partial charge in [0, 0.05) is 0 Å². The van der Waals surface area contributed by atoms with Crippen molar-refractivity contribution >= 4 is 25.3 Å². The monoisotopic (exact) mass is 421 g/mol. The normalized spacial score (nSPS) is 30.5. The minimum absolute atomic E-state index is 0.00397. The fourth-order valence-electron chi connectivity index (χ4n) is 4.62. The standard InChI is InChI=1S/C22H31NO2Se/c1-5-20(24)23-21(13-14-26-17-9-7-6-8-10-17)25-19-15-16(2)11-12-18(19)22(23,3)4/h5-10,16,18-19,21H,1,11-15H2,2-4H3/t16-,18-,19-,21+/m1/s1. The van der Waals surface area contributed by atoms with Gasteiger partial charge in [0.25, 0.3) is 0 Å². The Morgan fingerprint density at radius 1 is 1.35 bits per heavy atom. The van der Waals surface area contributed by atoms with Gasteiger partial charge in [-0.05, 0) is 0 Å². The molecule has 2 aliphatic rings. The molecular formula is C22H31NO2Se. The third kappa shape index (κ3) is 4.08. The Kier molecular flexibility index (Phi) is 6.27. The molecule has 0 unspecified atom stereocenters. The van der Waals surface area contributed by atoms with E-state index in [1.54, 1.807) is 0 Å². The Morgan fingerprint density at radius 2 is 2.08 bits per heavy atom. The number of fused-ring (bicyclic) bond motifs is 1. The Morgan fingerprint density at radius 3 is 2.77 bits per heavy atom. The summed E-state index contributed by atoms with van der Waals surface area (Å²) < 4.78 is 7.94. The summed E-state index contributed by atoms with van der Waals surface area (Å²) in [6.07, 6.45) is 5.97. The number of ether oxygens (including phenoxy) is 1. The van der Waals surface area contributed by atoms with Gasteiger partial charge in [-0.3, -0.25) is 0 Å². The number of carbonyl (C=O) groups is 1. The second-order valence-corrected chi connectivity index (χ2v) is 10.6. The molecule has 1 aromatic carbocycles. The molecule has 0 N–H and O–H groups in total. The number of nitrogens with zero attached hydrogens (tertiary/aromatic N) is 1. The molecule has 1 heterocycles. The number of hydrogen-bond donors (Lipinski definition) is 0. The van der Waals surface area contributed by atoms with Crippen LogP contribution in [0.1, 0.15) is 46.5 Å². The summed E-state index contributed by atoms with van der Waals surface area (Å²) in [7, 11) is 0. The molecule has 1 saturated carbocycles. The average Bonchev–Trinajstić information content (AvgIpc) is 2.61. The van der Waals surface area contributed by atoms with E-state index in [4.69, 9.17) is 4.74 Å². The zero-order valence-corrected chi connectivity index (χ0v) is 17.9. The summed E-state index contributed by atoms with van der Waals surface area (Å²) in [6, 6.07) is 10.6. The van der Waals surface area contributed by atoms with Crippen molar-refractivity contribution < 1.29 is 9.53 Å². The molecule has 1 aromatic rings. The molecule has 0 aromatic heterocycles. The topological polar surface area (TPSA) is 29.5 Å². The van der Waals surface area contributed by atoms with Crippen LogP contribution in [-0.4, -0.2) is 43.6 Å². The molecule has 142 valence electrons. The van der Waals surface area contributed by atoms with E-state index in [1.165, 1.54) is 17.0 Å². The van der Waals surface area contributed by atoms with Crippen molar-refractivity contribution in [1.82, 2.24) is 4.90 Å². The van der Waals surface area contributed by atoms with Crippen LogP contribution in [0.2, 0.25) is 5.32 Å². The molecule has 1 aliphatic heterocycles. The third-order valence-corrected chi connectivity index (χ3v) is 8.18. The molecule has 0 radical (unpaired) electrons. The van der Waals surface area contributed by atoms with E-state index >= 15 is 0 Å². The predicted molar refractivity (Wildman–Crippen MR) is 108 cm³/mol. The van der Waals surface area contributed by atoms with Gasteiger partial charge in [-0.15, -0.1) is 0 Å². The van der Waals surface area contributed by atoms with Crippen molar-refractivity contribution in [3.63, 3.8) is 0 Å². The summed E-state index contributed by atoms with van der Waals surface area (Å²) in [5.41, 5.74) is -0.182. The Hall–Kier alpha value is -1.09. The number of benzene rings is 1. The van der Waals surface area contributed by atoms with E-state index in [2.05, 4.69) is 57.7 Å². The summed E-state index contributed by atoms with van der Waals surface area (Å²) in [5, 5.41) is 1.08. The van der Waals surface area contributed by atoms with Gasteiger partial charge in [0.2, 0.25) is 0 Å². The zero-order valence-electron chi connectivity index (χ0n) is 16.2. The van der Waals surface area contributed by atoms with Gasteiger partial charge in [-0.25, -0.2) is 0 Å². The van der Waals surface area contributed by atoms with E-state index in [1.807, 2.05) is 4.90 Å². The number of hydrogen-bond acceptors (Lipinski definition) is 2. The maximum atomic E-state index is 12.7. The van der Waals surface area contributed by atoms with Crippen molar-refractivity contribution in [2.45, 2.75) is 69.6 Å². The van der Waals surface area contributed by atoms with E-state index in [-0.39, 0.29) is 23.8 Å². The molecule has 2 fully saturated rings. The van der Waals surface area contributed by atoms with Crippen molar-refractivity contribution in [2.24, 2.45) is 11.8 Å². The van der Waals surface area contributed by atoms with Crippen LogP contribution >= 0.6 is 0 Å². The molecule has 1 amide bonds. The van der Waals surface area contributed by atoms with Gasteiger partial charge >= 0.3 is 164 Å². The number of carbonyl (C=O) groups excluding carboxylic acids is 1. The van der Waals surface area contributed by atoms with Gasteiger partial charge < -0.3 is 0 Å². The second kappa shape index (κ2) is 8.29. The van der Waals surface area contributed by atoms with Crippen molar-refractivity contribution in [3.8, 4) is 0 Å². The van der Waals surface area contributed by atoms with Crippen LogP contribution in [0.15, 0.2) is 43.0 Å². The fraction of sp³-hybridized carbons (Fsp3) is 0.591. The molecule has 3 nitrogen and oxygen atoms in total. The van der Waals surface area contributed by atoms with Crippen LogP contribution < -0.4 is 4.46 Å². The molecule has 3 rings (SSSR count). The summed E-state index contributed by atoms with van der Waals surface area (Å²) in [5.74, 6) is 1.13. The van der Waals surface area contributed by atoms with E-state index < -0.39 is 0 Å². The van der Waals surface area contributed by atoms with Gasteiger partial charge in [0.1, 0.15) is 0 Å². The summed E-state index contributed by atoms with van der Waals surface area (Å²) in [4.78, 5) is 14.7. The van der Waals surface area contributed by atoms with Crippen molar-refractivity contribution in [1.29, 1.82) is 0 Å². The van der Waals surface area contributed by atoms with Gasteiger partial charge in [0.05, 0.1) is 0 Å². The average molecular weight is 420 g/mol. The molecule has 0 spiro atoms. The van der Waals surface area contributed by atoms with Crippen LogP contribution in [0, 0.1) is 11.8 Å². The number of amides is 1. The molecular weight excluding hydrogens is 389 g/mol. The first kappa shape index (κ1) is 19.7. The van der Waals surface area contributed by atoms with Crippen molar-refractivity contribution in [3.05, 3.63) is 43.0 Å². The maximum absolute atomic E-state index is 12.7. The van der Waals surface area contributed by atoms with Crippen molar-refractivity contribution in [2.75, 3.05) is 0 Å². The van der Waals surface area contributed by atoms with Gasteiger partial charge in [-0.2, -0.15) is 0 Å². The molecule has 1 saturated heterocycles. The Bertz CT molecular complexity index is 630. The molecule has 26 heavy (non-hydrogen) atoms. The summed E-state index contributed by atoms with van der Waals surface area (Å²) in [6.45, 7) is 10.5. The molecule has 4 heteroatoms. The van der Waals surface area contributed by atoms with Gasteiger partial charge in [-0.1, -0.05) is 0 Å². The van der Waals surface area contributed by atoms with Crippen LogP contribution in [0.3, 0.4) is 0 Å². The fourth-order valence-corrected chi connectivity index (χ4v) is 6.51. The third-order valence-electron chi connectivity index (χ3n) is 5.99. The first-order chi connectivity index (χ1) is 12.4. The minimum atomic E-state index is -0.182. The van der Waals surface area contributed by atoms with E-state index in [0.717, 1.165) is 24.6 Å². The van der Waals surface area contributed by atoms with Crippen LogP contribution in [-0.2, 0) is 9.53 Å². The molecule has 4 atom stereocenters. The van der Waals surface area contributed by atoms with E-state index in [9.17, 15) is 4.79 Å². The van der Waals surface area contributed by atoms with Crippen LogP contribution in [0.4, 0.5) is 0 Å². The first-order valence-electron chi connectivity index (χ1n) is 9.72. The van der Waals surface area contributed by atoms with Crippen LogP contribution in [0.5, 0.6) is 0 Å².